The fraction of sp³-hybridized carbons (Fsp3) is 0.278. The average molecular weight is 339 g/mol. The number of hydrogen-bond acceptors (Lipinski definition) is 5. The van der Waals surface area contributed by atoms with E-state index in [2.05, 4.69) is 22.2 Å². The summed E-state index contributed by atoms with van der Waals surface area (Å²) < 4.78 is 0. The molecule has 0 spiro atoms. The second-order valence-electron chi connectivity index (χ2n) is 6.26. The number of benzene rings is 1. The molecule has 1 atom stereocenters. The molecule has 122 valence electrons. The number of nitrogens with zero attached hydrogens (tertiary/aromatic N) is 2. The van der Waals surface area contributed by atoms with Gasteiger partial charge in [-0.2, -0.15) is 0 Å². The number of carboxylic acid groups (broad SMARTS) is 1. The lowest BCUT2D eigenvalue weighted by Gasteiger charge is -2.18. The number of carbonyl (C=O) groups is 1. The minimum atomic E-state index is -0.924. The molecule has 0 bridgehead atoms. The van der Waals surface area contributed by atoms with Gasteiger partial charge in [0.1, 0.15) is 17.0 Å². The summed E-state index contributed by atoms with van der Waals surface area (Å²) in [4.78, 5) is 22.3. The standard InChI is InChI=1S/C18H17N3O2S/c1-10-2-7-13-14(8-10)24-17-15(13)16(19-9-20-17)21-12-5-3-11(4-6-12)18(22)23/h3-6,9-10H,2,7-8H2,1H3,(H,22,23)(H,19,20,21)/t10-/m0/s1. The van der Waals surface area contributed by atoms with Crippen LogP contribution < -0.4 is 5.32 Å². The Kier molecular flexibility index (Phi) is 3.69. The molecule has 1 aliphatic carbocycles. The number of rotatable bonds is 3. The third-order valence-corrected chi connectivity index (χ3v) is 5.65. The number of anilines is 2. The van der Waals surface area contributed by atoms with Crippen molar-refractivity contribution in [2.24, 2.45) is 5.92 Å². The number of aryl methyl sites for hydroxylation is 1. The zero-order chi connectivity index (χ0) is 16.7. The molecule has 2 heterocycles. The highest BCUT2D eigenvalue weighted by molar-refractivity contribution is 7.19. The van der Waals surface area contributed by atoms with Gasteiger partial charge < -0.3 is 10.4 Å². The van der Waals surface area contributed by atoms with Crippen LogP contribution in [0.25, 0.3) is 10.2 Å². The van der Waals surface area contributed by atoms with Crippen molar-refractivity contribution in [2.75, 3.05) is 5.32 Å². The minimum Gasteiger partial charge on any atom is -0.478 e. The summed E-state index contributed by atoms with van der Waals surface area (Å²) in [6.45, 7) is 2.29. The maximum absolute atomic E-state index is 11.0. The van der Waals surface area contributed by atoms with E-state index in [-0.39, 0.29) is 5.56 Å². The van der Waals surface area contributed by atoms with E-state index in [9.17, 15) is 4.79 Å². The zero-order valence-electron chi connectivity index (χ0n) is 13.2. The number of thiophene rings is 1. The first-order valence-corrected chi connectivity index (χ1v) is 8.79. The van der Waals surface area contributed by atoms with E-state index in [0.717, 1.165) is 40.5 Å². The topological polar surface area (TPSA) is 75.1 Å². The van der Waals surface area contributed by atoms with Gasteiger partial charge in [0.15, 0.2) is 0 Å². The van der Waals surface area contributed by atoms with Gasteiger partial charge in [-0.15, -0.1) is 11.3 Å². The lowest BCUT2D eigenvalue weighted by Crippen LogP contribution is -2.09. The van der Waals surface area contributed by atoms with Crippen molar-refractivity contribution in [3.8, 4) is 0 Å². The van der Waals surface area contributed by atoms with E-state index in [1.54, 1.807) is 41.9 Å². The van der Waals surface area contributed by atoms with Crippen molar-refractivity contribution in [2.45, 2.75) is 26.2 Å². The summed E-state index contributed by atoms with van der Waals surface area (Å²) in [5.74, 6) is 0.598. The number of nitrogens with one attached hydrogen (secondary N) is 1. The van der Waals surface area contributed by atoms with Crippen LogP contribution in [0.2, 0.25) is 0 Å². The van der Waals surface area contributed by atoms with Crippen molar-refractivity contribution in [1.82, 2.24) is 9.97 Å². The van der Waals surface area contributed by atoms with Gasteiger partial charge in [0, 0.05) is 10.6 Å². The molecule has 3 aromatic rings. The average Bonchev–Trinajstić information content (AvgIpc) is 2.93. The minimum absolute atomic E-state index is 0.273. The molecule has 0 saturated carbocycles. The molecule has 0 aliphatic heterocycles. The van der Waals surface area contributed by atoms with Gasteiger partial charge in [0.25, 0.3) is 0 Å². The Hall–Kier alpha value is -2.47. The second kappa shape index (κ2) is 5.87. The lowest BCUT2D eigenvalue weighted by atomic mass is 9.89. The third-order valence-electron chi connectivity index (χ3n) is 4.49. The maximum Gasteiger partial charge on any atom is 0.335 e. The molecule has 4 rings (SSSR count). The predicted octanol–water partition coefficient (Wildman–Crippen LogP) is 4.26. The monoisotopic (exact) mass is 339 g/mol. The number of hydrogen-bond donors (Lipinski definition) is 2. The second-order valence-corrected chi connectivity index (χ2v) is 7.35. The molecule has 1 aliphatic rings. The molecule has 5 nitrogen and oxygen atoms in total. The van der Waals surface area contributed by atoms with Crippen LogP contribution in [0.5, 0.6) is 0 Å². The van der Waals surface area contributed by atoms with E-state index >= 15 is 0 Å². The highest BCUT2D eigenvalue weighted by Crippen LogP contribution is 2.40. The predicted molar refractivity (Wildman–Crippen MR) is 95.3 cm³/mol. The molecule has 1 aromatic carbocycles. The zero-order valence-corrected chi connectivity index (χ0v) is 14.1. The van der Waals surface area contributed by atoms with Crippen LogP contribution in [0.3, 0.4) is 0 Å². The van der Waals surface area contributed by atoms with Crippen molar-refractivity contribution >= 4 is 39.0 Å². The van der Waals surface area contributed by atoms with E-state index in [4.69, 9.17) is 5.11 Å². The van der Waals surface area contributed by atoms with Crippen LogP contribution in [0, 0.1) is 5.92 Å². The number of aromatic nitrogens is 2. The Balaban J connectivity index is 1.73. The smallest absolute Gasteiger partial charge is 0.335 e. The van der Waals surface area contributed by atoms with Crippen molar-refractivity contribution < 1.29 is 9.90 Å². The van der Waals surface area contributed by atoms with Crippen LogP contribution >= 0.6 is 11.3 Å². The number of aromatic carboxylic acids is 1. The van der Waals surface area contributed by atoms with Gasteiger partial charge in [0.2, 0.25) is 0 Å². The Labute approximate surface area is 143 Å². The normalized spacial score (nSPS) is 16.8. The molecule has 0 saturated heterocycles. The fourth-order valence-corrected chi connectivity index (χ4v) is 4.55. The first-order valence-electron chi connectivity index (χ1n) is 7.97. The quantitative estimate of drug-likeness (QED) is 0.746. The van der Waals surface area contributed by atoms with Gasteiger partial charge in [-0.25, -0.2) is 14.8 Å². The fourth-order valence-electron chi connectivity index (χ4n) is 3.20. The van der Waals surface area contributed by atoms with Crippen LogP contribution in [0.4, 0.5) is 11.5 Å². The molecule has 0 fully saturated rings. The van der Waals surface area contributed by atoms with Gasteiger partial charge in [-0.1, -0.05) is 6.92 Å². The van der Waals surface area contributed by atoms with Gasteiger partial charge in [-0.3, -0.25) is 0 Å². The van der Waals surface area contributed by atoms with Crippen molar-refractivity contribution in [3.05, 3.63) is 46.6 Å². The first-order chi connectivity index (χ1) is 11.6. The molecule has 0 amide bonds. The molecule has 0 radical (unpaired) electrons. The Morgan fingerprint density at radius 1 is 1.29 bits per heavy atom. The summed E-state index contributed by atoms with van der Waals surface area (Å²) in [7, 11) is 0. The summed E-state index contributed by atoms with van der Waals surface area (Å²) in [5, 5.41) is 13.4. The highest BCUT2D eigenvalue weighted by atomic mass is 32.1. The third kappa shape index (κ3) is 2.63. The van der Waals surface area contributed by atoms with E-state index in [1.165, 1.54) is 16.9 Å². The Bertz CT molecular complexity index is 918. The van der Waals surface area contributed by atoms with E-state index in [0.29, 0.717) is 0 Å². The van der Waals surface area contributed by atoms with Crippen LogP contribution in [0.1, 0.15) is 34.1 Å². The number of fused-ring (bicyclic) bond motifs is 3. The Morgan fingerprint density at radius 2 is 2.08 bits per heavy atom. The summed E-state index contributed by atoms with van der Waals surface area (Å²) >= 11 is 1.77. The van der Waals surface area contributed by atoms with Gasteiger partial charge in [-0.05, 0) is 55.0 Å². The molecule has 2 aromatic heterocycles. The van der Waals surface area contributed by atoms with Crippen LogP contribution in [-0.4, -0.2) is 21.0 Å². The molecule has 2 N–H and O–H groups in total. The van der Waals surface area contributed by atoms with Crippen LogP contribution in [-0.2, 0) is 12.8 Å². The summed E-state index contributed by atoms with van der Waals surface area (Å²) in [6.07, 6.45) is 4.96. The highest BCUT2D eigenvalue weighted by Gasteiger charge is 2.23. The Morgan fingerprint density at radius 3 is 2.83 bits per heavy atom. The van der Waals surface area contributed by atoms with Crippen molar-refractivity contribution in [1.29, 1.82) is 0 Å². The number of carboxylic acids is 1. The lowest BCUT2D eigenvalue weighted by molar-refractivity contribution is 0.0697. The summed E-state index contributed by atoms with van der Waals surface area (Å²) in [5.41, 5.74) is 2.47. The molecular weight excluding hydrogens is 322 g/mol. The maximum atomic E-state index is 11.0. The van der Waals surface area contributed by atoms with Crippen LogP contribution in [0.15, 0.2) is 30.6 Å². The SMILES string of the molecule is C[C@H]1CCc2c(sc3ncnc(Nc4ccc(C(=O)O)cc4)c23)C1. The largest absolute Gasteiger partial charge is 0.478 e. The van der Waals surface area contributed by atoms with Crippen molar-refractivity contribution in [3.63, 3.8) is 0 Å². The molecule has 0 unspecified atom stereocenters. The first kappa shape index (κ1) is 15.1. The summed E-state index contributed by atoms with van der Waals surface area (Å²) in [6, 6.07) is 6.71. The van der Waals surface area contributed by atoms with Gasteiger partial charge in [0.05, 0.1) is 10.9 Å². The molecule has 6 heteroatoms. The van der Waals surface area contributed by atoms with Gasteiger partial charge >= 0.3 is 5.97 Å². The van der Waals surface area contributed by atoms with E-state index in [1.807, 2.05) is 0 Å². The molecular formula is C18H17N3O2S. The van der Waals surface area contributed by atoms with E-state index < -0.39 is 5.97 Å². The molecule has 24 heavy (non-hydrogen) atoms.